The van der Waals surface area contributed by atoms with E-state index < -0.39 is 0 Å². The smallest absolute Gasteiger partial charge is 0.277 e. The Labute approximate surface area is 119 Å². The van der Waals surface area contributed by atoms with Crippen LogP contribution in [-0.2, 0) is 6.54 Å². The summed E-state index contributed by atoms with van der Waals surface area (Å²) < 4.78 is 6.06. The normalized spacial score (nSPS) is 10.7. The predicted molar refractivity (Wildman–Crippen MR) is 74.8 cm³/mol. The van der Waals surface area contributed by atoms with E-state index in [0.717, 1.165) is 0 Å². The summed E-state index contributed by atoms with van der Waals surface area (Å²) in [5.41, 5.74) is 0.770. The predicted octanol–water partition coefficient (Wildman–Crippen LogP) is 0.814. The summed E-state index contributed by atoms with van der Waals surface area (Å²) in [6.45, 7) is 0.525. The quantitative estimate of drug-likeness (QED) is 0.765. The van der Waals surface area contributed by atoms with E-state index in [1.54, 1.807) is 30.3 Å². The molecule has 0 saturated carbocycles. The van der Waals surface area contributed by atoms with E-state index >= 15 is 0 Å². The van der Waals surface area contributed by atoms with Gasteiger partial charge in [0.05, 0.1) is 23.8 Å². The summed E-state index contributed by atoms with van der Waals surface area (Å²) in [5, 5.41) is 11.0. The van der Waals surface area contributed by atoms with E-state index in [2.05, 4.69) is 15.6 Å². The lowest BCUT2D eigenvalue weighted by Crippen LogP contribution is -2.32. The second-order valence-corrected chi connectivity index (χ2v) is 4.40. The number of fused-ring (bicyclic) bond motifs is 1. The highest BCUT2D eigenvalue weighted by Crippen LogP contribution is 2.03. The van der Waals surface area contributed by atoms with Crippen molar-refractivity contribution in [2.75, 3.05) is 6.54 Å². The highest BCUT2D eigenvalue weighted by Gasteiger charge is 2.07. The average molecular weight is 284 g/mol. The van der Waals surface area contributed by atoms with Crippen molar-refractivity contribution in [3.8, 4) is 0 Å². The van der Waals surface area contributed by atoms with Gasteiger partial charge in [0.1, 0.15) is 11.8 Å². The molecule has 0 fully saturated rings. The molecule has 0 aliphatic heterocycles. The minimum absolute atomic E-state index is 0.224. The molecule has 3 aromatic rings. The van der Waals surface area contributed by atoms with Crippen LogP contribution in [0.2, 0.25) is 0 Å². The Hall–Kier alpha value is -2.96. The number of furan rings is 1. The Morgan fingerprint density at radius 1 is 1.29 bits per heavy atom. The first-order valence-electron chi connectivity index (χ1n) is 6.38. The van der Waals surface area contributed by atoms with Gasteiger partial charge >= 0.3 is 0 Å². The molecule has 0 saturated heterocycles. The fourth-order valence-electron chi connectivity index (χ4n) is 1.94. The molecule has 7 heteroatoms. The lowest BCUT2D eigenvalue weighted by Gasteiger charge is -2.05. The fraction of sp³-hybridized carbons (Fsp3) is 0.143. The van der Waals surface area contributed by atoms with Crippen molar-refractivity contribution < 1.29 is 9.21 Å². The molecule has 0 atom stereocenters. The zero-order valence-corrected chi connectivity index (χ0v) is 11.0. The Morgan fingerprint density at radius 2 is 2.14 bits per heavy atom. The van der Waals surface area contributed by atoms with Crippen molar-refractivity contribution in [3.63, 3.8) is 0 Å². The zero-order chi connectivity index (χ0) is 14.7. The van der Waals surface area contributed by atoms with Crippen LogP contribution in [0.1, 0.15) is 10.4 Å². The third-order valence-electron chi connectivity index (χ3n) is 3.02. The molecule has 0 radical (unpaired) electrons. The van der Waals surface area contributed by atoms with Gasteiger partial charge in [-0.1, -0.05) is 17.3 Å². The van der Waals surface area contributed by atoms with Crippen molar-refractivity contribution in [1.29, 1.82) is 0 Å². The van der Waals surface area contributed by atoms with E-state index in [1.807, 2.05) is 0 Å². The first-order valence-corrected chi connectivity index (χ1v) is 6.38. The van der Waals surface area contributed by atoms with Crippen molar-refractivity contribution in [2.24, 2.45) is 0 Å². The maximum absolute atomic E-state index is 12.2. The van der Waals surface area contributed by atoms with E-state index in [-0.39, 0.29) is 24.6 Å². The number of amides is 1. The van der Waals surface area contributed by atoms with Gasteiger partial charge in [-0.3, -0.25) is 9.59 Å². The Balaban J connectivity index is 1.70. The average Bonchev–Trinajstić information content (AvgIpc) is 3.04. The van der Waals surface area contributed by atoms with Crippen LogP contribution in [0.3, 0.4) is 0 Å². The minimum Gasteiger partial charge on any atom is -0.472 e. The minimum atomic E-state index is -0.259. The zero-order valence-electron chi connectivity index (χ0n) is 11.0. The van der Waals surface area contributed by atoms with Gasteiger partial charge in [0, 0.05) is 6.54 Å². The van der Waals surface area contributed by atoms with Crippen LogP contribution in [0.4, 0.5) is 0 Å². The molecular formula is C14H12N4O3. The standard InChI is InChI=1S/C14H12N4O3/c19-13(10-5-8-21-9-10)15-6-7-18-14(20)11-3-1-2-4-12(11)16-17-18/h1-5,8-9H,6-7H2,(H,15,19). The fourth-order valence-corrected chi connectivity index (χ4v) is 1.94. The molecule has 1 aromatic carbocycles. The molecule has 2 aromatic heterocycles. The van der Waals surface area contributed by atoms with Gasteiger partial charge in [-0.2, -0.15) is 0 Å². The summed E-state index contributed by atoms with van der Waals surface area (Å²) in [7, 11) is 0. The van der Waals surface area contributed by atoms with Gasteiger partial charge in [-0.15, -0.1) is 5.10 Å². The number of benzene rings is 1. The summed E-state index contributed by atoms with van der Waals surface area (Å²) in [6, 6.07) is 8.57. The maximum Gasteiger partial charge on any atom is 0.277 e. The molecule has 7 nitrogen and oxygen atoms in total. The number of hydrogen-bond acceptors (Lipinski definition) is 5. The highest BCUT2D eigenvalue weighted by molar-refractivity contribution is 5.93. The lowest BCUT2D eigenvalue weighted by atomic mass is 10.2. The first-order chi connectivity index (χ1) is 10.3. The molecule has 21 heavy (non-hydrogen) atoms. The molecule has 106 valence electrons. The first kappa shape index (κ1) is 13.0. The molecule has 0 spiro atoms. The van der Waals surface area contributed by atoms with Gasteiger partial charge in [-0.05, 0) is 18.2 Å². The van der Waals surface area contributed by atoms with E-state index in [9.17, 15) is 9.59 Å². The molecule has 2 heterocycles. The third kappa shape index (κ3) is 2.66. The highest BCUT2D eigenvalue weighted by atomic mass is 16.3. The van der Waals surface area contributed by atoms with Gasteiger partial charge in [-0.25, -0.2) is 4.68 Å². The number of nitrogens with zero attached hydrogens (tertiary/aromatic N) is 3. The van der Waals surface area contributed by atoms with Crippen LogP contribution in [0, 0.1) is 0 Å². The molecule has 0 bridgehead atoms. The summed E-state index contributed by atoms with van der Waals surface area (Å²) in [4.78, 5) is 23.9. The number of rotatable bonds is 4. The van der Waals surface area contributed by atoms with Crippen molar-refractivity contribution >= 4 is 16.8 Å². The molecule has 1 N–H and O–H groups in total. The molecule has 0 aliphatic carbocycles. The van der Waals surface area contributed by atoms with Crippen molar-refractivity contribution in [1.82, 2.24) is 20.3 Å². The SMILES string of the molecule is O=C(NCCn1nnc2ccccc2c1=O)c1ccoc1. The number of carbonyl (C=O) groups excluding carboxylic acids is 1. The second-order valence-electron chi connectivity index (χ2n) is 4.40. The van der Waals surface area contributed by atoms with Crippen molar-refractivity contribution in [2.45, 2.75) is 6.54 Å². The van der Waals surface area contributed by atoms with E-state index in [0.29, 0.717) is 16.5 Å². The second kappa shape index (κ2) is 5.58. The third-order valence-corrected chi connectivity index (χ3v) is 3.02. The Kier molecular flexibility index (Phi) is 3.46. The van der Waals surface area contributed by atoms with Gasteiger partial charge < -0.3 is 9.73 Å². The lowest BCUT2D eigenvalue weighted by molar-refractivity contribution is 0.0951. The molecule has 3 rings (SSSR count). The maximum atomic E-state index is 12.2. The van der Waals surface area contributed by atoms with Crippen LogP contribution >= 0.6 is 0 Å². The summed E-state index contributed by atoms with van der Waals surface area (Å²) in [6.07, 6.45) is 2.78. The Bertz CT molecular complexity index is 824. The summed E-state index contributed by atoms with van der Waals surface area (Å²) >= 11 is 0. The molecular weight excluding hydrogens is 272 g/mol. The van der Waals surface area contributed by atoms with Crippen molar-refractivity contribution in [3.05, 3.63) is 58.8 Å². The van der Waals surface area contributed by atoms with E-state index in [4.69, 9.17) is 4.42 Å². The molecule has 0 aliphatic rings. The number of aromatic nitrogens is 3. The van der Waals surface area contributed by atoms with Gasteiger partial charge in [0.25, 0.3) is 11.5 Å². The topological polar surface area (TPSA) is 90.0 Å². The summed E-state index contributed by atoms with van der Waals surface area (Å²) in [5.74, 6) is -0.259. The number of nitrogens with one attached hydrogen (secondary N) is 1. The Morgan fingerprint density at radius 3 is 2.95 bits per heavy atom. The largest absolute Gasteiger partial charge is 0.472 e. The van der Waals surface area contributed by atoms with Crippen LogP contribution < -0.4 is 10.9 Å². The van der Waals surface area contributed by atoms with Gasteiger partial charge in [0.15, 0.2) is 0 Å². The number of hydrogen-bond donors (Lipinski definition) is 1. The van der Waals surface area contributed by atoms with E-state index in [1.165, 1.54) is 17.2 Å². The van der Waals surface area contributed by atoms with Crippen LogP contribution in [0.25, 0.3) is 10.9 Å². The van der Waals surface area contributed by atoms with Crippen LogP contribution in [0.5, 0.6) is 0 Å². The monoisotopic (exact) mass is 284 g/mol. The number of carbonyl (C=O) groups is 1. The molecule has 1 amide bonds. The van der Waals surface area contributed by atoms with Crippen LogP contribution in [0.15, 0.2) is 52.1 Å². The van der Waals surface area contributed by atoms with Gasteiger partial charge in [0.2, 0.25) is 0 Å². The molecule has 0 unspecified atom stereocenters. The van der Waals surface area contributed by atoms with Crippen LogP contribution in [-0.4, -0.2) is 27.4 Å².